The number of halogens is 3. The van der Waals surface area contributed by atoms with Gasteiger partial charge in [0, 0.05) is 36.4 Å². The summed E-state index contributed by atoms with van der Waals surface area (Å²) in [6.07, 6.45) is 2.83. The average Bonchev–Trinajstić information content (AvgIpc) is 3.00. The number of nitrogens with zero attached hydrogens (tertiary/aromatic N) is 3. The summed E-state index contributed by atoms with van der Waals surface area (Å²) in [5.74, 6) is 0.123. The number of hydrazone groups is 1. The Balaban J connectivity index is 0.000000329. The summed E-state index contributed by atoms with van der Waals surface area (Å²) < 4.78 is 25.8. The van der Waals surface area contributed by atoms with Crippen LogP contribution >= 0.6 is 24.2 Å². The van der Waals surface area contributed by atoms with Gasteiger partial charge >= 0.3 is 0 Å². The Morgan fingerprint density at radius 2 is 1.67 bits per heavy atom. The Labute approximate surface area is 261 Å². The van der Waals surface area contributed by atoms with Gasteiger partial charge in [-0.2, -0.15) is 5.10 Å². The molecule has 1 unspecified atom stereocenters. The number of amidine groups is 1. The highest BCUT2D eigenvalue weighted by Crippen LogP contribution is 2.32. The molecule has 2 amide bonds. The predicted molar refractivity (Wildman–Crippen MR) is 174 cm³/mol. The maximum atomic E-state index is 13.4. The van der Waals surface area contributed by atoms with Crippen molar-refractivity contribution in [2.24, 2.45) is 10.1 Å². The highest BCUT2D eigenvalue weighted by molar-refractivity contribution is 8.14. The minimum Gasteiger partial charge on any atom is -0.352 e. The number of aliphatic imine (C=N–C) groups is 1. The Kier molecular flexibility index (Phi) is 12.7. The molecule has 0 fully saturated rings. The van der Waals surface area contributed by atoms with Gasteiger partial charge in [0.1, 0.15) is 17.5 Å². The van der Waals surface area contributed by atoms with Gasteiger partial charge in [0.25, 0.3) is 11.1 Å². The molecule has 228 valence electrons. The Morgan fingerprint density at radius 1 is 1.02 bits per heavy atom. The van der Waals surface area contributed by atoms with Crippen molar-refractivity contribution >= 4 is 52.6 Å². The Morgan fingerprint density at radius 3 is 2.28 bits per heavy atom. The summed E-state index contributed by atoms with van der Waals surface area (Å²) >= 11 is 1.30. The number of amides is 2. The average molecular weight is 628 g/mol. The first-order valence-electron chi connectivity index (χ1n) is 14.1. The zero-order valence-corrected chi connectivity index (χ0v) is 26.0. The maximum Gasteiger partial charge on any atom is 0.299 e. The van der Waals surface area contributed by atoms with Crippen LogP contribution in [-0.4, -0.2) is 47.6 Å². The zero-order chi connectivity index (χ0) is 30.1. The van der Waals surface area contributed by atoms with E-state index in [2.05, 4.69) is 45.9 Å². The van der Waals surface area contributed by atoms with Gasteiger partial charge in [-0.3, -0.25) is 14.6 Å². The second-order valence-electron chi connectivity index (χ2n) is 9.68. The molecule has 0 saturated heterocycles. The number of fused-ring (bicyclic) bond motifs is 1. The van der Waals surface area contributed by atoms with Crippen LogP contribution in [0.2, 0.25) is 0 Å². The van der Waals surface area contributed by atoms with Crippen molar-refractivity contribution in [2.45, 2.75) is 45.3 Å². The number of benzene rings is 3. The molecule has 11 heteroatoms. The molecule has 43 heavy (non-hydrogen) atoms. The molecule has 0 saturated carbocycles. The lowest BCUT2D eigenvalue weighted by molar-refractivity contribution is 0.0955. The number of nitrogens with one attached hydrogen (secondary N) is 2. The molecule has 2 heterocycles. The minimum atomic E-state index is -0.331. The number of hydrogen-bond donors (Lipinski definition) is 2. The van der Waals surface area contributed by atoms with Crippen molar-refractivity contribution in [3.63, 3.8) is 0 Å². The Hall–Kier alpha value is -3.76. The van der Waals surface area contributed by atoms with Crippen LogP contribution < -0.4 is 15.6 Å². The highest BCUT2D eigenvalue weighted by Gasteiger charge is 2.27. The van der Waals surface area contributed by atoms with Crippen molar-refractivity contribution in [1.82, 2.24) is 10.7 Å². The van der Waals surface area contributed by atoms with Crippen LogP contribution in [0.5, 0.6) is 0 Å². The van der Waals surface area contributed by atoms with Gasteiger partial charge in [0.15, 0.2) is 0 Å². The van der Waals surface area contributed by atoms with Gasteiger partial charge in [0.05, 0.1) is 11.0 Å². The van der Waals surface area contributed by atoms with Crippen molar-refractivity contribution in [2.75, 3.05) is 24.5 Å². The molecule has 0 radical (unpaired) electrons. The van der Waals surface area contributed by atoms with Crippen LogP contribution in [-0.2, 0) is 6.42 Å². The second kappa shape index (κ2) is 16.2. The summed E-state index contributed by atoms with van der Waals surface area (Å²) in [5.41, 5.74) is 8.33. The maximum absolute atomic E-state index is 13.4. The smallest absolute Gasteiger partial charge is 0.299 e. The van der Waals surface area contributed by atoms with Crippen LogP contribution in [0, 0.1) is 11.6 Å². The van der Waals surface area contributed by atoms with Crippen LogP contribution in [0.25, 0.3) is 0 Å². The van der Waals surface area contributed by atoms with E-state index in [0.717, 1.165) is 54.2 Å². The molecule has 7 nitrogen and oxygen atoms in total. The fourth-order valence-corrected chi connectivity index (χ4v) is 5.66. The lowest BCUT2D eigenvalue weighted by Crippen LogP contribution is -2.37. The Bertz CT molecular complexity index is 1470. The third-order valence-corrected chi connectivity index (χ3v) is 7.94. The van der Waals surface area contributed by atoms with E-state index < -0.39 is 0 Å². The van der Waals surface area contributed by atoms with Crippen LogP contribution in [0.3, 0.4) is 0 Å². The first-order chi connectivity index (χ1) is 20.3. The molecule has 5 rings (SSSR count). The standard InChI is InChI=1S/C23H25FN4OS.C9H10FNO.ClH/c1-3-20-21(26-27-23(29)30-20)17-9-12-19-16(14-17)6-5-13-28(19)22(25-4-2)15-7-10-18(24)11-8-15;1-2-11-9(12)7-3-5-8(10)6-4-7;/h7-12,14,20H,3-6,13H2,1-2H3,(H,27,29);3-6H,2H2,1H3,(H,11,12);1H. The van der Waals surface area contributed by atoms with E-state index in [9.17, 15) is 18.4 Å². The van der Waals surface area contributed by atoms with E-state index in [1.807, 2.05) is 13.8 Å². The van der Waals surface area contributed by atoms with Gasteiger partial charge < -0.3 is 10.2 Å². The van der Waals surface area contributed by atoms with E-state index in [0.29, 0.717) is 18.7 Å². The normalized spacial score (nSPS) is 16.1. The predicted octanol–water partition coefficient (Wildman–Crippen LogP) is 6.98. The summed E-state index contributed by atoms with van der Waals surface area (Å²) in [4.78, 5) is 29.8. The molecular weight excluding hydrogens is 592 g/mol. The van der Waals surface area contributed by atoms with E-state index >= 15 is 0 Å². The number of anilines is 1. The number of thioether (sulfide) groups is 1. The summed E-state index contributed by atoms with van der Waals surface area (Å²) in [6, 6.07) is 18.4. The van der Waals surface area contributed by atoms with Crippen molar-refractivity contribution in [3.05, 3.63) is 101 Å². The van der Waals surface area contributed by atoms with Crippen molar-refractivity contribution < 1.29 is 18.4 Å². The summed E-state index contributed by atoms with van der Waals surface area (Å²) in [7, 11) is 0. The molecule has 3 aromatic carbocycles. The van der Waals surface area contributed by atoms with Gasteiger partial charge in [-0.05, 0) is 105 Å². The van der Waals surface area contributed by atoms with E-state index in [-0.39, 0.29) is 40.4 Å². The van der Waals surface area contributed by atoms with E-state index in [4.69, 9.17) is 4.99 Å². The first-order valence-corrected chi connectivity index (χ1v) is 15.0. The second-order valence-corrected chi connectivity index (χ2v) is 10.9. The molecular formula is C32H36ClF2N5O2S. The molecule has 3 aromatic rings. The quantitative estimate of drug-likeness (QED) is 0.228. The minimum absolute atomic E-state index is 0. The zero-order valence-electron chi connectivity index (χ0n) is 24.4. The van der Waals surface area contributed by atoms with Gasteiger partial charge in [-0.1, -0.05) is 24.8 Å². The molecule has 0 bridgehead atoms. The fraction of sp³-hybridized carbons (Fsp3) is 0.312. The number of rotatable bonds is 6. The number of aryl methyl sites for hydroxylation is 1. The molecule has 2 aliphatic rings. The molecule has 1 atom stereocenters. The number of hydrogen-bond acceptors (Lipinski definition) is 5. The molecule has 0 spiro atoms. The number of carbonyl (C=O) groups is 2. The largest absolute Gasteiger partial charge is 0.352 e. The monoisotopic (exact) mass is 627 g/mol. The van der Waals surface area contributed by atoms with E-state index in [1.165, 1.54) is 53.7 Å². The topological polar surface area (TPSA) is 86.2 Å². The highest BCUT2D eigenvalue weighted by atomic mass is 35.5. The lowest BCUT2D eigenvalue weighted by Gasteiger charge is -2.33. The lowest BCUT2D eigenvalue weighted by atomic mass is 9.95. The first kappa shape index (κ1) is 33.7. The van der Waals surface area contributed by atoms with Gasteiger partial charge in [-0.15, -0.1) is 12.4 Å². The molecule has 2 aliphatic heterocycles. The van der Waals surface area contributed by atoms with Crippen LogP contribution in [0.4, 0.5) is 19.3 Å². The third kappa shape index (κ3) is 8.64. The fourth-order valence-electron chi connectivity index (χ4n) is 4.84. The summed E-state index contributed by atoms with van der Waals surface area (Å²) in [6.45, 7) is 8.02. The summed E-state index contributed by atoms with van der Waals surface area (Å²) in [5, 5.41) is 6.93. The molecule has 0 aliphatic carbocycles. The van der Waals surface area contributed by atoms with Crippen LogP contribution in [0.1, 0.15) is 60.7 Å². The molecule has 0 aromatic heterocycles. The van der Waals surface area contributed by atoms with Crippen molar-refractivity contribution in [1.29, 1.82) is 0 Å². The van der Waals surface area contributed by atoms with E-state index in [1.54, 1.807) is 12.1 Å². The van der Waals surface area contributed by atoms with Crippen LogP contribution in [0.15, 0.2) is 76.8 Å². The third-order valence-electron chi connectivity index (χ3n) is 6.80. The molecule has 2 N–H and O–H groups in total. The van der Waals surface area contributed by atoms with Gasteiger partial charge in [0.2, 0.25) is 0 Å². The van der Waals surface area contributed by atoms with Crippen molar-refractivity contribution in [3.8, 4) is 0 Å². The SMILES string of the molecule is CCN=C(c1ccc(F)cc1)N1CCCc2cc(C3=NNC(=O)SC3CC)ccc21.CCNC(=O)c1ccc(F)cc1.Cl. The van der Waals surface area contributed by atoms with Gasteiger partial charge in [-0.25, -0.2) is 14.2 Å². The number of carbonyl (C=O) groups excluding carboxylic acids is 2.